The second-order valence-corrected chi connectivity index (χ2v) is 7.12. The van der Waals surface area contributed by atoms with Crippen molar-refractivity contribution in [3.05, 3.63) is 47.0 Å². The van der Waals surface area contributed by atoms with Gasteiger partial charge >= 0.3 is 0 Å². The molecule has 1 N–H and O–H groups in total. The van der Waals surface area contributed by atoms with Gasteiger partial charge in [0.1, 0.15) is 0 Å². The smallest absolute Gasteiger partial charge is 0.227 e. The number of fused-ring (bicyclic) bond motifs is 2. The number of hydrogen-bond donors (Lipinski definition) is 1. The van der Waals surface area contributed by atoms with E-state index in [-0.39, 0.29) is 23.5 Å². The van der Waals surface area contributed by atoms with E-state index < -0.39 is 5.82 Å². The Hall–Kier alpha value is -2.37. The van der Waals surface area contributed by atoms with Gasteiger partial charge in [0.25, 0.3) is 0 Å². The van der Waals surface area contributed by atoms with Crippen LogP contribution in [0, 0.1) is 5.82 Å². The van der Waals surface area contributed by atoms with Gasteiger partial charge in [0.15, 0.2) is 11.6 Å². The molecule has 0 bridgehead atoms. The second-order valence-electron chi connectivity index (χ2n) is 7.12. The minimum Gasteiger partial charge on any atom is -0.494 e. The fourth-order valence-corrected chi connectivity index (χ4v) is 4.32. The van der Waals surface area contributed by atoms with Crippen LogP contribution in [-0.4, -0.2) is 41.2 Å². The number of methoxy groups -OCH3 is 1. The van der Waals surface area contributed by atoms with E-state index in [2.05, 4.69) is 10.2 Å². The summed E-state index contributed by atoms with van der Waals surface area (Å²) in [5.74, 6) is -0.178. The molecule has 1 aromatic heterocycles. The summed E-state index contributed by atoms with van der Waals surface area (Å²) < 4.78 is 18.8. The molecule has 2 aliphatic rings. The molecule has 0 saturated carbocycles. The summed E-state index contributed by atoms with van der Waals surface area (Å²) in [4.78, 5) is 14.7. The molecule has 1 amide bonds. The molecule has 1 aliphatic heterocycles. The Balaban J connectivity index is 1.49. The number of aromatic amines is 1. The zero-order valence-electron chi connectivity index (χ0n) is 14.3. The highest BCUT2D eigenvalue weighted by Crippen LogP contribution is 2.43. The number of nitrogens with one attached hydrogen (secondary N) is 1. The van der Waals surface area contributed by atoms with E-state index >= 15 is 0 Å². The van der Waals surface area contributed by atoms with Crippen molar-refractivity contribution in [2.75, 3.05) is 20.2 Å². The number of amides is 1. The molecular formula is C19H22FN3O2. The van der Waals surface area contributed by atoms with E-state index in [1.54, 1.807) is 12.1 Å². The Labute approximate surface area is 146 Å². The van der Waals surface area contributed by atoms with Crippen molar-refractivity contribution in [2.24, 2.45) is 0 Å². The lowest BCUT2D eigenvalue weighted by atomic mass is 9.77. The van der Waals surface area contributed by atoms with E-state index in [9.17, 15) is 9.18 Å². The number of carbonyl (C=O) groups excluding carboxylic acids is 1. The Morgan fingerprint density at radius 1 is 1.44 bits per heavy atom. The average molecular weight is 343 g/mol. The van der Waals surface area contributed by atoms with E-state index in [0.717, 1.165) is 38.8 Å². The SMILES string of the molecule is COc1ccc(CC(=O)N2CCCC3(CCc4cn[nH]c43)C2)cc1F. The molecule has 1 saturated heterocycles. The molecule has 6 heteroatoms. The molecule has 1 spiro atoms. The summed E-state index contributed by atoms with van der Waals surface area (Å²) in [6.07, 6.45) is 6.29. The van der Waals surface area contributed by atoms with E-state index in [1.165, 1.54) is 24.4 Å². The van der Waals surface area contributed by atoms with Crippen LogP contribution in [0.3, 0.4) is 0 Å². The van der Waals surface area contributed by atoms with Crippen molar-refractivity contribution >= 4 is 5.91 Å². The highest BCUT2D eigenvalue weighted by Gasteiger charge is 2.44. The zero-order chi connectivity index (χ0) is 17.4. The Morgan fingerprint density at radius 3 is 3.12 bits per heavy atom. The largest absolute Gasteiger partial charge is 0.494 e. The first-order chi connectivity index (χ1) is 12.1. The van der Waals surface area contributed by atoms with Crippen LogP contribution in [0.2, 0.25) is 0 Å². The van der Waals surface area contributed by atoms with Gasteiger partial charge in [0.05, 0.1) is 19.7 Å². The van der Waals surface area contributed by atoms with Crippen molar-refractivity contribution in [2.45, 2.75) is 37.5 Å². The first kappa shape index (κ1) is 16.1. The number of halogens is 1. The van der Waals surface area contributed by atoms with Gasteiger partial charge in [-0.15, -0.1) is 0 Å². The first-order valence-corrected chi connectivity index (χ1v) is 8.74. The maximum Gasteiger partial charge on any atom is 0.227 e. The molecule has 2 aromatic rings. The molecule has 1 aliphatic carbocycles. The fourth-order valence-electron chi connectivity index (χ4n) is 4.32. The number of benzene rings is 1. The third kappa shape index (κ3) is 2.79. The lowest BCUT2D eigenvalue weighted by molar-refractivity contribution is -0.132. The van der Waals surface area contributed by atoms with Crippen molar-refractivity contribution in [3.8, 4) is 5.75 Å². The van der Waals surface area contributed by atoms with Gasteiger partial charge < -0.3 is 9.64 Å². The number of nitrogens with zero attached hydrogens (tertiary/aromatic N) is 2. The number of aromatic nitrogens is 2. The Kier molecular flexibility index (Phi) is 3.98. The van der Waals surface area contributed by atoms with E-state index in [4.69, 9.17) is 4.74 Å². The summed E-state index contributed by atoms with van der Waals surface area (Å²) >= 11 is 0. The van der Waals surface area contributed by atoms with Gasteiger partial charge in [-0.3, -0.25) is 9.89 Å². The zero-order valence-corrected chi connectivity index (χ0v) is 14.3. The molecule has 4 rings (SSSR count). The molecule has 1 fully saturated rings. The molecule has 5 nitrogen and oxygen atoms in total. The number of ether oxygens (including phenoxy) is 1. The maximum absolute atomic E-state index is 13.9. The molecule has 1 unspecified atom stereocenters. The molecule has 0 radical (unpaired) electrons. The molecular weight excluding hydrogens is 321 g/mol. The number of carbonyl (C=O) groups is 1. The van der Waals surface area contributed by atoms with Crippen LogP contribution in [0.15, 0.2) is 24.4 Å². The van der Waals surface area contributed by atoms with Gasteiger partial charge in [-0.25, -0.2) is 4.39 Å². The van der Waals surface area contributed by atoms with Crippen LogP contribution in [-0.2, 0) is 23.1 Å². The maximum atomic E-state index is 13.9. The third-order valence-corrected chi connectivity index (χ3v) is 5.62. The Bertz CT molecular complexity index is 804. The summed E-state index contributed by atoms with van der Waals surface area (Å²) in [5.41, 5.74) is 3.19. The number of hydrogen-bond acceptors (Lipinski definition) is 3. The number of rotatable bonds is 3. The van der Waals surface area contributed by atoms with Crippen molar-refractivity contribution in [1.82, 2.24) is 15.1 Å². The molecule has 25 heavy (non-hydrogen) atoms. The highest BCUT2D eigenvalue weighted by molar-refractivity contribution is 5.79. The van der Waals surface area contributed by atoms with Crippen LogP contribution >= 0.6 is 0 Å². The average Bonchev–Trinajstić information content (AvgIpc) is 3.20. The van der Waals surface area contributed by atoms with Crippen LogP contribution in [0.4, 0.5) is 4.39 Å². The van der Waals surface area contributed by atoms with Gasteiger partial charge in [-0.2, -0.15) is 5.10 Å². The van der Waals surface area contributed by atoms with Gasteiger partial charge in [-0.1, -0.05) is 6.07 Å². The van der Waals surface area contributed by atoms with Gasteiger partial charge in [-0.05, 0) is 48.9 Å². The van der Waals surface area contributed by atoms with E-state index in [1.807, 2.05) is 11.1 Å². The normalized spacial score (nSPS) is 22.2. The number of piperidine rings is 1. The number of likely N-dealkylation sites (tertiary alicyclic amines) is 1. The Morgan fingerprint density at radius 2 is 2.32 bits per heavy atom. The molecule has 2 heterocycles. The highest BCUT2D eigenvalue weighted by atomic mass is 19.1. The van der Waals surface area contributed by atoms with Crippen molar-refractivity contribution in [3.63, 3.8) is 0 Å². The molecule has 1 atom stereocenters. The van der Waals surface area contributed by atoms with Gasteiger partial charge in [0, 0.05) is 24.2 Å². The lowest BCUT2D eigenvalue weighted by Gasteiger charge is -2.40. The summed E-state index contributed by atoms with van der Waals surface area (Å²) in [5, 5.41) is 7.33. The number of H-pyrrole nitrogens is 1. The predicted octanol–water partition coefficient (Wildman–Crippen LogP) is 2.61. The van der Waals surface area contributed by atoms with Gasteiger partial charge in [0.2, 0.25) is 5.91 Å². The summed E-state index contributed by atoms with van der Waals surface area (Å²) in [6, 6.07) is 4.71. The number of aryl methyl sites for hydroxylation is 1. The van der Waals surface area contributed by atoms with Crippen LogP contribution in [0.25, 0.3) is 0 Å². The monoisotopic (exact) mass is 343 g/mol. The van der Waals surface area contributed by atoms with E-state index in [0.29, 0.717) is 5.56 Å². The summed E-state index contributed by atoms with van der Waals surface area (Å²) in [7, 11) is 1.43. The lowest BCUT2D eigenvalue weighted by Crippen LogP contribution is -2.48. The van der Waals surface area contributed by atoms with Crippen molar-refractivity contribution < 1.29 is 13.9 Å². The molecule has 1 aromatic carbocycles. The minimum atomic E-state index is -0.430. The quantitative estimate of drug-likeness (QED) is 0.932. The topological polar surface area (TPSA) is 58.2 Å². The predicted molar refractivity (Wildman–Crippen MR) is 91.1 cm³/mol. The minimum absolute atomic E-state index is 0.0188. The molecule has 132 valence electrons. The third-order valence-electron chi connectivity index (χ3n) is 5.62. The van der Waals surface area contributed by atoms with Crippen LogP contribution in [0.1, 0.15) is 36.1 Å². The van der Waals surface area contributed by atoms with Crippen LogP contribution < -0.4 is 4.74 Å². The second kappa shape index (κ2) is 6.17. The fraction of sp³-hybridized carbons (Fsp3) is 0.474. The summed E-state index contributed by atoms with van der Waals surface area (Å²) in [6.45, 7) is 1.49. The van der Waals surface area contributed by atoms with Crippen molar-refractivity contribution in [1.29, 1.82) is 0 Å². The standard InChI is InChI=1S/C19H22FN3O2/c1-25-16-4-3-13(9-15(16)20)10-17(24)23-8-2-6-19(12-23)7-5-14-11-21-22-18(14)19/h3-4,9,11H,2,5-8,10,12H2,1H3,(H,21,22). The van der Waals surface area contributed by atoms with Crippen LogP contribution in [0.5, 0.6) is 5.75 Å². The first-order valence-electron chi connectivity index (χ1n) is 8.74.